The van der Waals surface area contributed by atoms with E-state index in [9.17, 15) is 13.2 Å². The Kier molecular flexibility index (Phi) is 8.37. The van der Waals surface area contributed by atoms with Gasteiger partial charge in [0.2, 0.25) is 10.0 Å². The summed E-state index contributed by atoms with van der Waals surface area (Å²) in [5, 5.41) is 18.6. The molecule has 1 fully saturated rings. The molecular formula is C27H37N7O3S. The van der Waals surface area contributed by atoms with Gasteiger partial charge in [-0.25, -0.2) is 13.4 Å². The molecule has 4 rings (SSSR count). The highest BCUT2D eigenvalue weighted by Gasteiger charge is 2.32. The van der Waals surface area contributed by atoms with Crippen molar-refractivity contribution in [1.29, 1.82) is 5.26 Å². The minimum atomic E-state index is -3.50. The number of aromatic amines is 1. The predicted octanol–water partition coefficient (Wildman–Crippen LogP) is 3.29. The van der Waals surface area contributed by atoms with Gasteiger partial charge in [0.05, 0.1) is 6.20 Å². The summed E-state index contributed by atoms with van der Waals surface area (Å²) in [5.41, 5.74) is 3.19. The number of piperazine rings is 1. The molecule has 1 amide bonds. The zero-order chi connectivity index (χ0) is 27.5. The van der Waals surface area contributed by atoms with E-state index >= 15 is 0 Å². The van der Waals surface area contributed by atoms with Crippen LogP contribution in [0.5, 0.6) is 0 Å². The fourth-order valence-corrected chi connectivity index (χ4v) is 6.66. The Balaban J connectivity index is 1.56. The number of hydrogen-bond donors (Lipinski definition) is 4. The Morgan fingerprint density at radius 2 is 1.97 bits per heavy atom. The van der Waals surface area contributed by atoms with E-state index < -0.39 is 21.5 Å². The van der Waals surface area contributed by atoms with Crippen molar-refractivity contribution in [3.8, 4) is 6.07 Å². The van der Waals surface area contributed by atoms with Gasteiger partial charge in [-0.05, 0) is 76.6 Å². The molecule has 4 N–H and O–H groups in total. The van der Waals surface area contributed by atoms with Crippen molar-refractivity contribution in [3.63, 3.8) is 0 Å². The van der Waals surface area contributed by atoms with E-state index in [0.717, 1.165) is 42.4 Å². The van der Waals surface area contributed by atoms with Crippen LogP contribution >= 0.6 is 0 Å². The fourth-order valence-electron chi connectivity index (χ4n) is 5.03. The standard InChI is InChI=1S/C27H37N7O3S/c1-18-15-34(16-19(2)31-18)38(36,37)17-30-27(3,4)21-10-11-24(23(12-21)20-8-6-5-7-9-20)33-26(35)25-29-14-22(13-28)32-25/h8,10-12,14,18-19,30-31H,5-7,9,15-17H2,1-4H3,(H,29,32)(H,33,35)/t18-,19+. The number of carbonyl (C=O) groups is 1. The molecule has 0 unspecified atom stereocenters. The average Bonchev–Trinajstić information content (AvgIpc) is 3.37. The lowest BCUT2D eigenvalue weighted by Crippen LogP contribution is -2.57. The van der Waals surface area contributed by atoms with E-state index in [2.05, 4.69) is 32.0 Å². The third kappa shape index (κ3) is 6.50. The topological polar surface area (TPSA) is 143 Å². The third-order valence-corrected chi connectivity index (χ3v) is 8.75. The highest BCUT2D eigenvalue weighted by molar-refractivity contribution is 7.89. The molecule has 0 spiro atoms. The van der Waals surface area contributed by atoms with E-state index in [0.29, 0.717) is 18.8 Å². The van der Waals surface area contributed by atoms with Crippen LogP contribution < -0.4 is 16.0 Å². The molecule has 204 valence electrons. The summed E-state index contributed by atoms with van der Waals surface area (Å²) in [5.74, 6) is -0.534. The van der Waals surface area contributed by atoms with Gasteiger partial charge in [0, 0.05) is 42.0 Å². The van der Waals surface area contributed by atoms with E-state index in [-0.39, 0.29) is 29.5 Å². The van der Waals surface area contributed by atoms with Gasteiger partial charge in [-0.15, -0.1) is 0 Å². The van der Waals surface area contributed by atoms with Crippen LogP contribution in [0.4, 0.5) is 5.69 Å². The quantitative estimate of drug-likeness (QED) is 0.403. The molecule has 1 aromatic carbocycles. The van der Waals surface area contributed by atoms with Crippen molar-refractivity contribution in [3.05, 3.63) is 53.1 Å². The van der Waals surface area contributed by atoms with Gasteiger partial charge < -0.3 is 15.6 Å². The van der Waals surface area contributed by atoms with Gasteiger partial charge in [0.25, 0.3) is 5.91 Å². The van der Waals surface area contributed by atoms with Crippen LogP contribution in [0.1, 0.15) is 80.8 Å². The second-order valence-electron chi connectivity index (χ2n) is 10.8. The number of H-pyrrole nitrogens is 1. The summed E-state index contributed by atoms with van der Waals surface area (Å²) in [6.45, 7) is 8.81. The summed E-state index contributed by atoms with van der Waals surface area (Å²) < 4.78 is 27.9. The molecule has 1 saturated heterocycles. The maximum absolute atomic E-state index is 13.2. The predicted molar refractivity (Wildman–Crippen MR) is 148 cm³/mol. The number of imidazole rings is 1. The van der Waals surface area contributed by atoms with Gasteiger partial charge in [-0.2, -0.15) is 9.57 Å². The monoisotopic (exact) mass is 539 g/mol. The fraction of sp³-hybridized carbons (Fsp3) is 0.519. The van der Waals surface area contributed by atoms with Crippen molar-refractivity contribution in [2.75, 3.05) is 24.3 Å². The number of benzene rings is 1. The Hall–Kier alpha value is -3.04. The zero-order valence-corrected chi connectivity index (χ0v) is 23.3. The van der Waals surface area contributed by atoms with Crippen molar-refractivity contribution in [2.45, 2.75) is 71.0 Å². The largest absolute Gasteiger partial charge is 0.326 e. The van der Waals surface area contributed by atoms with Gasteiger partial charge >= 0.3 is 0 Å². The van der Waals surface area contributed by atoms with E-state index in [1.165, 1.54) is 6.20 Å². The number of aromatic nitrogens is 2. The molecule has 2 aliphatic rings. The van der Waals surface area contributed by atoms with Crippen molar-refractivity contribution in [2.24, 2.45) is 0 Å². The Morgan fingerprint density at radius 1 is 1.24 bits per heavy atom. The molecule has 2 atom stereocenters. The summed E-state index contributed by atoms with van der Waals surface area (Å²) in [6.07, 6.45) is 7.59. The molecule has 0 bridgehead atoms. The molecule has 1 aromatic heterocycles. The summed E-state index contributed by atoms with van der Waals surface area (Å²) in [6, 6.07) is 7.92. The van der Waals surface area contributed by atoms with Crippen LogP contribution in [0.25, 0.3) is 5.57 Å². The smallest absolute Gasteiger partial charge is 0.291 e. The summed E-state index contributed by atoms with van der Waals surface area (Å²) >= 11 is 0. The van der Waals surface area contributed by atoms with E-state index in [1.807, 2.05) is 52.0 Å². The molecule has 0 radical (unpaired) electrons. The number of carbonyl (C=O) groups excluding carboxylic acids is 1. The van der Waals surface area contributed by atoms with Crippen molar-refractivity contribution in [1.82, 2.24) is 24.9 Å². The number of sulfonamides is 1. The lowest BCUT2D eigenvalue weighted by Gasteiger charge is -2.36. The molecule has 2 heterocycles. The molecule has 11 heteroatoms. The van der Waals surface area contributed by atoms with Crippen molar-refractivity contribution < 1.29 is 13.2 Å². The number of nitrogens with zero attached hydrogens (tertiary/aromatic N) is 3. The second kappa shape index (κ2) is 11.4. The van der Waals surface area contributed by atoms with Gasteiger partial charge in [0.1, 0.15) is 17.6 Å². The number of nitriles is 1. The minimum absolute atomic E-state index is 0.0675. The first-order valence-corrected chi connectivity index (χ1v) is 14.7. The number of hydrogen-bond acceptors (Lipinski definition) is 7. The number of amides is 1. The van der Waals surface area contributed by atoms with E-state index in [4.69, 9.17) is 5.26 Å². The molecule has 2 aromatic rings. The van der Waals surface area contributed by atoms with Crippen LogP contribution in [-0.2, 0) is 15.6 Å². The molecule has 1 aliphatic heterocycles. The average molecular weight is 540 g/mol. The molecule has 38 heavy (non-hydrogen) atoms. The number of rotatable bonds is 8. The first-order valence-electron chi connectivity index (χ1n) is 13.1. The van der Waals surface area contributed by atoms with Gasteiger partial charge in [-0.3, -0.25) is 10.1 Å². The Labute approximate surface area is 225 Å². The number of anilines is 1. The van der Waals surface area contributed by atoms with Crippen LogP contribution in [-0.4, -0.2) is 59.6 Å². The lowest BCUT2D eigenvalue weighted by atomic mass is 9.87. The third-order valence-electron chi connectivity index (χ3n) is 7.15. The van der Waals surface area contributed by atoms with Crippen molar-refractivity contribution >= 4 is 27.2 Å². The maximum atomic E-state index is 13.2. The molecular weight excluding hydrogens is 502 g/mol. The van der Waals surface area contributed by atoms with Crippen LogP contribution in [0.2, 0.25) is 0 Å². The highest BCUT2D eigenvalue weighted by Crippen LogP contribution is 2.35. The summed E-state index contributed by atoms with van der Waals surface area (Å²) in [7, 11) is -3.50. The number of allylic oxidation sites excluding steroid dienone is 2. The summed E-state index contributed by atoms with van der Waals surface area (Å²) in [4.78, 5) is 19.6. The second-order valence-corrected chi connectivity index (χ2v) is 12.8. The zero-order valence-electron chi connectivity index (χ0n) is 22.5. The van der Waals surface area contributed by atoms with Crippen LogP contribution in [0.15, 0.2) is 30.5 Å². The van der Waals surface area contributed by atoms with Gasteiger partial charge in [-0.1, -0.05) is 12.1 Å². The van der Waals surface area contributed by atoms with Crippen LogP contribution in [0.3, 0.4) is 0 Å². The highest BCUT2D eigenvalue weighted by atomic mass is 32.2. The van der Waals surface area contributed by atoms with Crippen LogP contribution in [0, 0.1) is 11.3 Å². The minimum Gasteiger partial charge on any atom is -0.326 e. The SMILES string of the molecule is C[C@@H]1CN(S(=O)(=O)CNC(C)(C)c2ccc(NC(=O)c3ncc(C#N)[nH]3)c(C3=CCCCC3)c2)C[C@H](C)N1. The Morgan fingerprint density at radius 3 is 2.61 bits per heavy atom. The first-order chi connectivity index (χ1) is 18.0. The van der Waals surface area contributed by atoms with E-state index in [1.54, 1.807) is 4.31 Å². The van der Waals surface area contributed by atoms with Gasteiger partial charge in [0.15, 0.2) is 5.82 Å². The number of nitrogens with one attached hydrogen (secondary N) is 4. The normalized spacial score (nSPS) is 21.0. The maximum Gasteiger partial charge on any atom is 0.291 e. The Bertz CT molecular complexity index is 1350. The molecule has 1 aliphatic carbocycles. The molecule has 0 saturated carbocycles. The molecule has 10 nitrogen and oxygen atoms in total. The first kappa shape index (κ1) is 28.0. The lowest BCUT2D eigenvalue weighted by molar-refractivity contribution is 0.101.